The van der Waals surface area contributed by atoms with E-state index < -0.39 is 11.6 Å². The van der Waals surface area contributed by atoms with E-state index in [0.717, 1.165) is 25.7 Å². The van der Waals surface area contributed by atoms with Crippen LogP contribution in [0.15, 0.2) is 0 Å². The molecule has 1 rings (SSSR count). The van der Waals surface area contributed by atoms with E-state index in [-0.39, 0.29) is 5.25 Å². The normalized spacial score (nSPS) is 26.0. The second-order valence-corrected chi connectivity index (χ2v) is 3.67. The molecule has 54 valence electrons. The van der Waals surface area contributed by atoms with E-state index >= 15 is 0 Å². The van der Waals surface area contributed by atoms with Crippen molar-refractivity contribution in [3.05, 3.63) is 0 Å². The van der Waals surface area contributed by atoms with Crippen LogP contribution in [0, 0.1) is 0 Å². The van der Waals surface area contributed by atoms with Crippen molar-refractivity contribution in [2.24, 2.45) is 0 Å². The first-order valence-corrected chi connectivity index (χ1v) is 4.49. The van der Waals surface area contributed by atoms with Crippen LogP contribution < -0.4 is 0 Å². The van der Waals surface area contributed by atoms with Gasteiger partial charge in [0.25, 0.3) is 0 Å². The molecule has 0 N–H and O–H groups in total. The van der Waals surface area contributed by atoms with Crippen LogP contribution in [-0.2, 0) is 11.6 Å². The van der Waals surface area contributed by atoms with Crippen LogP contribution in [0.2, 0.25) is 0 Å². The average Bonchev–Trinajstić information content (AvgIpc) is 1.90. The van der Waals surface area contributed by atoms with E-state index in [9.17, 15) is 8.44 Å². The summed E-state index contributed by atoms with van der Waals surface area (Å²) in [4.78, 5) is 0. The number of rotatable bonds is 1. The van der Waals surface area contributed by atoms with Gasteiger partial charge in [-0.15, -0.1) is 0 Å². The third-order valence-electron chi connectivity index (χ3n) is 1.81. The van der Waals surface area contributed by atoms with Gasteiger partial charge in [0, 0.05) is 3.89 Å². The molecule has 0 aliphatic heterocycles. The lowest BCUT2D eigenvalue weighted by molar-refractivity contribution is 0.462. The topological polar surface area (TPSA) is 23.1 Å². The van der Waals surface area contributed by atoms with Gasteiger partial charge in [-0.1, -0.05) is 6.42 Å². The Hall–Kier alpha value is 0.240. The van der Waals surface area contributed by atoms with E-state index in [0.29, 0.717) is 0 Å². The second-order valence-electron chi connectivity index (χ2n) is 2.51. The Kier molecular flexibility index (Phi) is 2.79. The monoisotopic (exact) mass is 150 g/mol. The largest absolute Gasteiger partial charge is 0.580 e. The minimum Gasteiger partial charge on any atom is -0.580 e. The maximum atomic E-state index is 12.1. The molecule has 0 amide bonds. The molecule has 0 spiro atoms. The van der Waals surface area contributed by atoms with Crippen LogP contribution in [0.25, 0.3) is 0 Å². The summed E-state index contributed by atoms with van der Waals surface area (Å²) in [5.41, 5.74) is 0. The van der Waals surface area contributed by atoms with Gasteiger partial charge in [-0.05, 0) is 25.7 Å². The molecule has 0 bridgehead atoms. The molecule has 0 radical (unpaired) electrons. The standard InChI is InChI=1S/C6H11FOS/c7-9(8)6-4-2-1-3-5-6/h6H,1-5H2. The molecule has 1 aliphatic carbocycles. The van der Waals surface area contributed by atoms with Crippen LogP contribution in [0.5, 0.6) is 0 Å². The zero-order valence-corrected chi connectivity index (χ0v) is 6.12. The average molecular weight is 150 g/mol. The van der Waals surface area contributed by atoms with Crippen LogP contribution >= 0.6 is 0 Å². The summed E-state index contributed by atoms with van der Waals surface area (Å²) in [5.74, 6) is 0. The van der Waals surface area contributed by atoms with Crippen molar-refractivity contribution in [3.8, 4) is 0 Å². The molecule has 9 heavy (non-hydrogen) atoms. The van der Waals surface area contributed by atoms with E-state index in [1.807, 2.05) is 0 Å². The molecule has 1 aliphatic rings. The Balaban J connectivity index is 2.23. The highest BCUT2D eigenvalue weighted by molar-refractivity contribution is 7.87. The molecule has 0 aromatic carbocycles. The fraction of sp³-hybridized carbons (Fsp3) is 1.00. The number of halogens is 1. The molecule has 1 fully saturated rings. The minimum absolute atomic E-state index is 0.140. The fourth-order valence-electron chi connectivity index (χ4n) is 1.25. The molecular weight excluding hydrogens is 139 g/mol. The molecular formula is C6H11FOS. The quantitative estimate of drug-likeness (QED) is 0.524. The first kappa shape index (κ1) is 7.35. The Morgan fingerprint density at radius 3 is 2.11 bits per heavy atom. The van der Waals surface area contributed by atoms with Gasteiger partial charge in [0.1, 0.15) is 0 Å². The maximum absolute atomic E-state index is 12.1. The van der Waals surface area contributed by atoms with Gasteiger partial charge >= 0.3 is 0 Å². The van der Waals surface area contributed by atoms with Gasteiger partial charge in [0.15, 0.2) is 16.8 Å². The maximum Gasteiger partial charge on any atom is 0.180 e. The van der Waals surface area contributed by atoms with Crippen LogP contribution in [0.3, 0.4) is 0 Å². The Bertz CT molecular complexity index is 81.1. The predicted octanol–water partition coefficient (Wildman–Crippen LogP) is 1.95. The van der Waals surface area contributed by atoms with E-state index in [4.69, 9.17) is 0 Å². The third-order valence-corrected chi connectivity index (χ3v) is 2.81. The molecule has 0 aromatic rings. The fourth-order valence-corrected chi connectivity index (χ4v) is 1.95. The molecule has 1 nitrogen and oxygen atoms in total. The minimum atomic E-state index is -2.05. The molecule has 0 saturated heterocycles. The lowest BCUT2D eigenvalue weighted by atomic mass is 10.0. The van der Waals surface area contributed by atoms with Gasteiger partial charge in [-0.25, -0.2) is 0 Å². The van der Waals surface area contributed by atoms with Gasteiger partial charge in [0.05, 0.1) is 0 Å². The molecule has 0 heterocycles. The summed E-state index contributed by atoms with van der Waals surface area (Å²) >= 11 is -2.05. The summed E-state index contributed by atoms with van der Waals surface area (Å²) in [7, 11) is 0. The molecule has 1 saturated carbocycles. The van der Waals surface area contributed by atoms with Crippen molar-refractivity contribution in [2.75, 3.05) is 0 Å². The van der Waals surface area contributed by atoms with Crippen molar-refractivity contribution in [3.63, 3.8) is 0 Å². The Labute approximate surface area is 58.1 Å². The highest BCUT2D eigenvalue weighted by Gasteiger charge is 2.25. The number of hydrogen-bond acceptors (Lipinski definition) is 1. The van der Waals surface area contributed by atoms with Gasteiger partial charge in [0.2, 0.25) is 0 Å². The first-order valence-electron chi connectivity index (χ1n) is 3.37. The van der Waals surface area contributed by atoms with E-state index in [2.05, 4.69) is 0 Å². The lowest BCUT2D eigenvalue weighted by Gasteiger charge is -2.16. The highest BCUT2D eigenvalue weighted by atomic mass is 32.3. The molecule has 3 heteroatoms. The Morgan fingerprint density at radius 1 is 1.22 bits per heavy atom. The van der Waals surface area contributed by atoms with Crippen LogP contribution in [0.1, 0.15) is 32.1 Å². The summed E-state index contributed by atoms with van der Waals surface area (Å²) < 4.78 is 22.3. The molecule has 1 unspecified atom stereocenters. The van der Waals surface area contributed by atoms with E-state index in [1.54, 1.807) is 0 Å². The number of hydrogen-bond donors (Lipinski definition) is 0. The van der Waals surface area contributed by atoms with Gasteiger partial charge in [-0.2, -0.15) is 0 Å². The van der Waals surface area contributed by atoms with Crippen molar-refractivity contribution >= 4 is 11.6 Å². The van der Waals surface area contributed by atoms with E-state index in [1.165, 1.54) is 6.42 Å². The van der Waals surface area contributed by atoms with Crippen molar-refractivity contribution in [1.82, 2.24) is 0 Å². The van der Waals surface area contributed by atoms with Crippen LogP contribution in [-0.4, -0.2) is 9.80 Å². The summed E-state index contributed by atoms with van der Waals surface area (Å²) in [6.45, 7) is 0. The zero-order chi connectivity index (χ0) is 6.69. The van der Waals surface area contributed by atoms with Crippen molar-refractivity contribution < 1.29 is 8.44 Å². The van der Waals surface area contributed by atoms with Gasteiger partial charge in [-0.3, -0.25) is 0 Å². The Morgan fingerprint density at radius 2 is 1.78 bits per heavy atom. The van der Waals surface area contributed by atoms with Crippen molar-refractivity contribution in [2.45, 2.75) is 37.4 Å². The SMILES string of the molecule is [O-][S+](F)C1CCCCC1. The van der Waals surface area contributed by atoms with Crippen LogP contribution in [0.4, 0.5) is 3.89 Å². The smallest absolute Gasteiger partial charge is 0.180 e. The third kappa shape index (κ3) is 2.14. The predicted molar refractivity (Wildman–Crippen MR) is 36.1 cm³/mol. The summed E-state index contributed by atoms with van der Waals surface area (Å²) in [6.07, 6.45) is 4.95. The van der Waals surface area contributed by atoms with Crippen molar-refractivity contribution in [1.29, 1.82) is 0 Å². The second kappa shape index (κ2) is 3.42. The summed E-state index contributed by atoms with van der Waals surface area (Å²) in [5, 5.41) is -0.140. The molecule has 0 aromatic heterocycles. The first-order chi connectivity index (χ1) is 4.30. The summed E-state index contributed by atoms with van der Waals surface area (Å²) in [6, 6.07) is 0. The molecule has 1 atom stereocenters. The van der Waals surface area contributed by atoms with Gasteiger partial charge < -0.3 is 4.55 Å². The zero-order valence-electron chi connectivity index (χ0n) is 5.31. The lowest BCUT2D eigenvalue weighted by Crippen LogP contribution is -2.19. The highest BCUT2D eigenvalue weighted by Crippen LogP contribution is 2.24.